The number of carbonyl (C=O) groups is 2. The first-order chi connectivity index (χ1) is 21.2. The number of carboxylic acid groups (broad SMARTS) is 1. The molecule has 0 saturated carbocycles. The van der Waals surface area contributed by atoms with Crippen LogP contribution in [0.25, 0.3) is 21.6 Å². The molecule has 1 amide bonds. The Morgan fingerprint density at radius 2 is 1.59 bits per heavy atom. The molecule has 1 saturated heterocycles. The van der Waals surface area contributed by atoms with E-state index in [0.29, 0.717) is 11.5 Å². The van der Waals surface area contributed by atoms with E-state index in [-0.39, 0.29) is 37.8 Å². The molecular weight excluding hydrogens is 599 g/mol. The Morgan fingerprint density at radius 3 is 2.23 bits per heavy atom. The summed E-state index contributed by atoms with van der Waals surface area (Å²) in [7, 11) is -2.34. The number of carboxylic acids is 1. The zero-order chi connectivity index (χ0) is 30.9. The highest BCUT2D eigenvalue weighted by atomic mass is 32.2. The molecule has 44 heavy (non-hydrogen) atoms. The summed E-state index contributed by atoms with van der Waals surface area (Å²) in [6.07, 6.45) is -1.23. The number of methoxy groups -OCH3 is 1. The van der Waals surface area contributed by atoms with E-state index in [1.165, 1.54) is 16.2 Å². The van der Waals surface area contributed by atoms with Gasteiger partial charge in [-0.3, -0.25) is 4.79 Å². The SMILES string of the molecule is COCc1ccc(-c2ccc(C3(CC(=O)O)CCN(C(=O)OCC4c5ccccc5-c5ccccc54)CCS3(=O)=O)s2)cc1. The Morgan fingerprint density at radius 1 is 0.932 bits per heavy atom. The Hall–Kier alpha value is -3.99. The molecule has 0 bridgehead atoms. The van der Waals surface area contributed by atoms with Crippen molar-refractivity contribution in [2.75, 3.05) is 32.6 Å². The Kier molecular flexibility index (Phi) is 8.32. The number of ether oxygens (including phenoxy) is 2. The molecule has 2 heterocycles. The third-order valence-corrected chi connectivity index (χ3v) is 12.6. The lowest BCUT2D eigenvalue weighted by Crippen LogP contribution is -2.39. The van der Waals surface area contributed by atoms with Gasteiger partial charge in [0.2, 0.25) is 0 Å². The molecule has 0 spiro atoms. The number of thiophene rings is 1. The van der Waals surface area contributed by atoms with Gasteiger partial charge in [-0.15, -0.1) is 11.3 Å². The third-order valence-electron chi connectivity index (χ3n) is 8.65. The van der Waals surface area contributed by atoms with Crippen molar-refractivity contribution in [2.45, 2.75) is 30.1 Å². The third kappa shape index (κ3) is 5.53. The normalized spacial score (nSPS) is 19.2. The number of nitrogens with zero attached hydrogens (tertiary/aromatic N) is 1. The first-order valence-corrected chi connectivity index (χ1v) is 16.9. The first kappa shape index (κ1) is 30.1. The van der Waals surface area contributed by atoms with Crippen molar-refractivity contribution < 1.29 is 32.6 Å². The van der Waals surface area contributed by atoms with Gasteiger partial charge in [0.15, 0.2) is 9.84 Å². The number of amides is 1. The van der Waals surface area contributed by atoms with Crippen LogP contribution >= 0.6 is 11.3 Å². The molecule has 1 aliphatic carbocycles. The van der Waals surface area contributed by atoms with E-state index in [1.54, 1.807) is 13.2 Å². The minimum Gasteiger partial charge on any atom is -0.481 e. The molecule has 1 aliphatic heterocycles. The van der Waals surface area contributed by atoms with Crippen molar-refractivity contribution in [1.82, 2.24) is 4.90 Å². The molecular formula is C34H33NO7S2. The van der Waals surface area contributed by atoms with E-state index >= 15 is 0 Å². The van der Waals surface area contributed by atoms with Crippen LogP contribution in [0.5, 0.6) is 0 Å². The van der Waals surface area contributed by atoms with E-state index in [9.17, 15) is 23.1 Å². The number of rotatable bonds is 8. The minimum atomic E-state index is -3.97. The van der Waals surface area contributed by atoms with Crippen LogP contribution in [0.1, 0.15) is 40.3 Å². The van der Waals surface area contributed by atoms with Crippen LogP contribution in [0.4, 0.5) is 4.79 Å². The second-order valence-electron chi connectivity index (χ2n) is 11.2. The van der Waals surface area contributed by atoms with E-state index in [4.69, 9.17) is 9.47 Å². The van der Waals surface area contributed by atoms with Crippen molar-refractivity contribution in [3.63, 3.8) is 0 Å². The average molecular weight is 632 g/mol. The quantitative estimate of drug-likeness (QED) is 0.243. The molecule has 10 heteroatoms. The molecule has 2 aliphatic rings. The van der Waals surface area contributed by atoms with Crippen LogP contribution in [0.3, 0.4) is 0 Å². The fraction of sp³-hybridized carbons (Fsp3) is 0.294. The van der Waals surface area contributed by atoms with Gasteiger partial charge in [0, 0.05) is 35.9 Å². The van der Waals surface area contributed by atoms with E-state index in [1.807, 2.05) is 66.7 Å². The summed E-state index contributed by atoms with van der Waals surface area (Å²) >= 11 is 1.28. The number of benzene rings is 3. The van der Waals surface area contributed by atoms with Crippen LogP contribution < -0.4 is 0 Å². The zero-order valence-corrected chi connectivity index (χ0v) is 25.9. The zero-order valence-electron chi connectivity index (χ0n) is 24.3. The molecule has 8 nitrogen and oxygen atoms in total. The van der Waals surface area contributed by atoms with Crippen molar-refractivity contribution in [3.05, 3.63) is 106 Å². The largest absolute Gasteiger partial charge is 0.481 e. The van der Waals surface area contributed by atoms with Crippen LogP contribution in [-0.2, 0) is 35.5 Å². The molecule has 0 radical (unpaired) electrons. The standard InChI is InChI=1S/C34H33NO7S2/c1-41-21-23-10-12-24(13-11-23)30-14-15-31(43-30)34(20-32(36)37)16-17-35(18-19-44(34,39)40)33(38)42-22-29-27-8-4-2-6-25(27)26-7-3-5-9-28(26)29/h2-15,29H,16-22H2,1H3,(H,36,37). The molecule has 1 unspecified atom stereocenters. The average Bonchev–Trinajstić information content (AvgIpc) is 3.60. The summed E-state index contributed by atoms with van der Waals surface area (Å²) in [5.74, 6) is -1.69. The molecule has 228 valence electrons. The van der Waals surface area contributed by atoms with Gasteiger partial charge < -0.3 is 19.5 Å². The second kappa shape index (κ2) is 12.2. The van der Waals surface area contributed by atoms with E-state index < -0.39 is 33.1 Å². The van der Waals surface area contributed by atoms with E-state index in [2.05, 4.69) is 12.1 Å². The molecule has 1 fully saturated rings. The smallest absolute Gasteiger partial charge is 0.409 e. The maximum absolute atomic E-state index is 13.9. The predicted octanol–water partition coefficient (Wildman–Crippen LogP) is 6.30. The molecule has 1 aromatic heterocycles. The molecule has 1 atom stereocenters. The number of carbonyl (C=O) groups excluding carboxylic acids is 1. The van der Waals surface area contributed by atoms with Gasteiger partial charge in [-0.05, 0) is 51.9 Å². The Balaban J connectivity index is 1.22. The summed E-state index contributed by atoms with van der Waals surface area (Å²) in [5.41, 5.74) is 6.31. The molecule has 3 aromatic carbocycles. The van der Waals surface area contributed by atoms with Gasteiger partial charge in [-0.1, -0.05) is 72.8 Å². The second-order valence-corrected chi connectivity index (χ2v) is 14.7. The van der Waals surface area contributed by atoms with Crippen LogP contribution in [0.15, 0.2) is 84.9 Å². The maximum atomic E-state index is 13.9. The van der Waals surface area contributed by atoms with Crippen LogP contribution in [0, 0.1) is 0 Å². The highest BCUT2D eigenvalue weighted by molar-refractivity contribution is 7.92. The Bertz CT molecular complexity index is 1750. The van der Waals surface area contributed by atoms with Crippen molar-refractivity contribution in [3.8, 4) is 21.6 Å². The lowest BCUT2D eigenvalue weighted by Gasteiger charge is -2.29. The number of hydrogen-bond acceptors (Lipinski definition) is 7. The van der Waals surface area contributed by atoms with Crippen molar-refractivity contribution in [2.24, 2.45) is 0 Å². The van der Waals surface area contributed by atoms with Crippen LogP contribution in [0.2, 0.25) is 0 Å². The van der Waals surface area contributed by atoms with Crippen molar-refractivity contribution >= 4 is 33.2 Å². The van der Waals surface area contributed by atoms with Crippen molar-refractivity contribution in [1.29, 1.82) is 0 Å². The topological polar surface area (TPSA) is 110 Å². The van der Waals surface area contributed by atoms with Gasteiger partial charge in [-0.2, -0.15) is 0 Å². The predicted molar refractivity (Wildman–Crippen MR) is 169 cm³/mol. The van der Waals surface area contributed by atoms with Gasteiger partial charge in [-0.25, -0.2) is 13.2 Å². The maximum Gasteiger partial charge on any atom is 0.409 e. The van der Waals surface area contributed by atoms with Gasteiger partial charge >= 0.3 is 12.1 Å². The highest BCUT2D eigenvalue weighted by Gasteiger charge is 2.50. The number of sulfone groups is 1. The fourth-order valence-corrected chi connectivity index (χ4v) is 9.95. The van der Waals surface area contributed by atoms with Crippen LogP contribution in [-0.4, -0.2) is 63.0 Å². The number of fused-ring (bicyclic) bond motifs is 3. The molecule has 6 rings (SSSR count). The summed E-state index contributed by atoms with van der Waals surface area (Å²) in [5, 5.41) is 9.89. The summed E-state index contributed by atoms with van der Waals surface area (Å²) in [6.45, 7) is 0.589. The molecule has 1 N–H and O–H groups in total. The first-order valence-electron chi connectivity index (χ1n) is 14.4. The van der Waals surface area contributed by atoms with Gasteiger partial charge in [0.05, 0.1) is 18.8 Å². The van der Waals surface area contributed by atoms with Gasteiger partial charge in [0.25, 0.3) is 0 Å². The lowest BCUT2D eigenvalue weighted by atomic mass is 9.97. The van der Waals surface area contributed by atoms with Gasteiger partial charge in [0.1, 0.15) is 11.4 Å². The number of hydrogen-bond donors (Lipinski definition) is 1. The lowest BCUT2D eigenvalue weighted by molar-refractivity contribution is -0.137. The summed E-state index contributed by atoms with van der Waals surface area (Å²) in [6, 6.07) is 27.4. The fourth-order valence-electron chi connectivity index (χ4n) is 6.35. The number of aliphatic carboxylic acids is 1. The highest BCUT2D eigenvalue weighted by Crippen LogP contribution is 2.46. The summed E-state index contributed by atoms with van der Waals surface area (Å²) in [4.78, 5) is 28.2. The summed E-state index contributed by atoms with van der Waals surface area (Å²) < 4.78 is 37.1. The van der Waals surface area contributed by atoms with E-state index in [0.717, 1.165) is 38.3 Å². The molecule has 4 aromatic rings. The minimum absolute atomic E-state index is 0.0431. The Labute approximate surface area is 260 Å². The monoisotopic (exact) mass is 631 g/mol.